The van der Waals surface area contributed by atoms with Gasteiger partial charge in [0.25, 0.3) is 0 Å². The third-order valence-electron chi connectivity index (χ3n) is 1.73. The van der Waals surface area contributed by atoms with Gasteiger partial charge in [-0.05, 0) is 23.6 Å². The molecule has 0 atom stereocenters. The molecule has 0 bridgehead atoms. The summed E-state index contributed by atoms with van der Waals surface area (Å²) in [7, 11) is 0. The van der Waals surface area contributed by atoms with Crippen LogP contribution in [-0.4, -0.2) is 11.7 Å². The van der Waals surface area contributed by atoms with Crippen molar-refractivity contribution in [1.29, 1.82) is 0 Å². The van der Waals surface area contributed by atoms with Gasteiger partial charge in [0.05, 0.1) is 0 Å². The highest BCUT2D eigenvalue weighted by Crippen LogP contribution is 2.18. The summed E-state index contributed by atoms with van der Waals surface area (Å²) in [5.41, 5.74) is 7.69. The number of nitrogens with two attached hydrogens (primary N) is 1. The largest absolute Gasteiger partial charge is 0.396 e. The summed E-state index contributed by atoms with van der Waals surface area (Å²) in [6.45, 7) is 0.735. The molecule has 1 aromatic carbocycles. The smallest absolute Gasteiger partial charge is 0.0471 e. The molecule has 0 aliphatic carbocycles. The summed E-state index contributed by atoms with van der Waals surface area (Å²) >= 11 is 3.42. The van der Waals surface area contributed by atoms with Crippen LogP contribution in [0.2, 0.25) is 0 Å². The van der Waals surface area contributed by atoms with Crippen LogP contribution in [0, 0.1) is 0 Å². The number of halogens is 1. The van der Waals surface area contributed by atoms with E-state index in [1.807, 2.05) is 18.2 Å². The Morgan fingerprint density at radius 3 is 2.67 bits per heavy atom. The molecule has 0 aromatic heterocycles. The van der Waals surface area contributed by atoms with Gasteiger partial charge in [-0.15, -0.1) is 0 Å². The Kier molecular flexibility index (Phi) is 3.72. The van der Waals surface area contributed by atoms with Gasteiger partial charge in [0, 0.05) is 17.6 Å². The first kappa shape index (κ1) is 9.71. The molecule has 1 aromatic rings. The van der Waals surface area contributed by atoms with E-state index < -0.39 is 0 Å². The molecule has 0 amide bonds. The molecule has 0 heterocycles. The average molecular weight is 230 g/mol. The van der Waals surface area contributed by atoms with Crippen molar-refractivity contribution in [2.75, 3.05) is 6.61 Å². The maximum atomic E-state index is 8.73. The molecule has 3 heteroatoms. The van der Waals surface area contributed by atoms with Gasteiger partial charge < -0.3 is 10.8 Å². The lowest BCUT2D eigenvalue weighted by Gasteiger charge is -2.03. The molecule has 0 spiro atoms. The molecule has 0 aliphatic rings. The highest BCUT2D eigenvalue weighted by molar-refractivity contribution is 9.10. The quantitative estimate of drug-likeness (QED) is 0.825. The van der Waals surface area contributed by atoms with Crippen LogP contribution in [-0.2, 0) is 13.0 Å². The topological polar surface area (TPSA) is 46.2 Å². The Bertz CT molecular complexity index is 263. The minimum absolute atomic E-state index is 0.181. The van der Waals surface area contributed by atoms with Gasteiger partial charge in [0.2, 0.25) is 0 Å². The molecular formula is C9H12BrNO. The standard InChI is InChI=1S/C9H12BrNO/c10-9-5-7(6-11)1-2-8(9)3-4-12/h1-2,5,12H,3-4,6,11H2. The summed E-state index contributed by atoms with van der Waals surface area (Å²) in [5, 5.41) is 8.73. The first-order chi connectivity index (χ1) is 5.77. The summed E-state index contributed by atoms with van der Waals surface area (Å²) < 4.78 is 1.03. The maximum absolute atomic E-state index is 8.73. The van der Waals surface area contributed by atoms with Crippen LogP contribution in [0.15, 0.2) is 22.7 Å². The van der Waals surface area contributed by atoms with Crippen molar-refractivity contribution in [2.45, 2.75) is 13.0 Å². The monoisotopic (exact) mass is 229 g/mol. The first-order valence-corrected chi connectivity index (χ1v) is 4.65. The summed E-state index contributed by atoms with van der Waals surface area (Å²) in [4.78, 5) is 0. The number of aliphatic hydroxyl groups is 1. The zero-order chi connectivity index (χ0) is 8.97. The Morgan fingerprint density at radius 1 is 1.42 bits per heavy atom. The lowest BCUT2D eigenvalue weighted by atomic mass is 10.1. The average Bonchev–Trinajstić information content (AvgIpc) is 2.09. The Hall–Kier alpha value is -0.380. The van der Waals surface area contributed by atoms with Crippen LogP contribution in [0.5, 0.6) is 0 Å². The van der Waals surface area contributed by atoms with Crippen LogP contribution in [0.4, 0.5) is 0 Å². The summed E-state index contributed by atoms with van der Waals surface area (Å²) in [5.74, 6) is 0. The molecule has 3 N–H and O–H groups in total. The normalized spacial score (nSPS) is 10.2. The van der Waals surface area contributed by atoms with E-state index in [0.717, 1.165) is 15.6 Å². The molecule has 0 radical (unpaired) electrons. The highest BCUT2D eigenvalue weighted by atomic mass is 79.9. The number of hydrogen-bond donors (Lipinski definition) is 2. The van der Waals surface area contributed by atoms with E-state index in [9.17, 15) is 0 Å². The fourth-order valence-electron chi connectivity index (χ4n) is 1.04. The molecule has 0 aliphatic heterocycles. The number of aliphatic hydroxyl groups excluding tert-OH is 1. The van der Waals surface area contributed by atoms with Crippen molar-refractivity contribution >= 4 is 15.9 Å². The van der Waals surface area contributed by atoms with Gasteiger partial charge in [-0.25, -0.2) is 0 Å². The second-order valence-electron chi connectivity index (χ2n) is 2.60. The van der Waals surface area contributed by atoms with Gasteiger partial charge in [-0.1, -0.05) is 28.1 Å². The summed E-state index contributed by atoms with van der Waals surface area (Å²) in [6.07, 6.45) is 0.686. The fraction of sp³-hybridized carbons (Fsp3) is 0.333. The zero-order valence-electron chi connectivity index (χ0n) is 6.76. The molecule has 0 unspecified atom stereocenters. The SMILES string of the molecule is NCc1ccc(CCO)c(Br)c1. The number of hydrogen-bond acceptors (Lipinski definition) is 2. The molecule has 0 saturated heterocycles. The Balaban J connectivity index is 2.87. The van der Waals surface area contributed by atoms with Crippen molar-refractivity contribution in [3.05, 3.63) is 33.8 Å². The van der Waals surface area contributed by atoms with Crippen LogP contribution in [0.25, 0.3) is 0 Å². The second-order valence-corrected chi connectivity index (χ2v) is 3.46. The van der Waals surface area contributed by atoms with E-state index in [0.29, 0.717) is 13.0 Å². The van der Waals surface area contributed by atoms with Gasteiger partial charge in [0.1, 0.15) is 0 Å². The predicted octanol–water partition coefficient (Wildman–Crippen LogP) is 1.44. The molecule has 0 saturated carbocycles. The molecule has 66 valence electrons. The zero-order valence-corrected chi connectivity index (χ0v) is 8.34. The van der Waals surface area contributed by atoms with Crippen molar-refractivity contribution in [1.82, 2.24) is 0 Å². The Morgan fingerprint density at radius 2 is 2.17 bits per heavy atom. The van der Waals surface area contributed by atoms with E-state index in [2.05, 4.69) is 15.9 Å². The summed E-state index contributed by atoms with van der Waals surface area (Å²) in [6, 6.07) is 5.96. The molecule has 2 nitrogen and oxygen atoms in total. The first-order valence-electron chi connectivity index (χ1n) is 3.86. The third kappa shape index (κ3) is 2.30. The maximum Gasteiger partial charge on any atom is 0.0471 e. The molecular weight excluding hydrogens is 218 g/mol. The van der Waals surface area contributed by atoms with Crippen molar-refractivity contribution in [2.24, 2.45) is 5.73 Å². The van der Waals surface area contributed by atoms with Crippen LogP contribution in [0.1, 0.15) is 11.1 Å². The number of rotatable bonds is 3. The van der Waals surface area contributed by atoms with E-state index in [-0.39, 0.29) is 6.61 Å². The van der Waals surface area contributed by atoms with Gasteiger partial charge >= 0.3 is 0 Å². The minimum Gasteiger partial charge on any atom is -0.396 e. The van der Waals surface area contributed by atoms with Gasteiger partial charge in [0.15, 0.2) is 0 Å². The van der Waals surface area contributed by atoms with Gasteiger partial charge in [-0.2, -0.15) is 0 Å². The molecule has 1 rings (SSSR count). The van der Waals surface area contributed by atoms with Crippen molar-refractivity contribution < 1.29 is 5.11 Å². The van der Waals surface area contributed by atoms with Crippen molar-refractivity contribution in [3.63, 3.8) is 0 Å². The van der Waals surface area contributed by atoms with Crippen LogP contribution < -0.4 is 5.73 Å². The van der Waals surface area contributed by atoms with E-state index in [1.165, 1.54) is 0 Å². The fourth-order valence-corrected chi connectivity index (χ4v) is 1.67. The lowest BCUT2D eigenvalue weighted by molar-refractivity contribution is 0.299. The van der Waals surface area contributed by atoms with E-state index in [4.69, 9.17) is 10.8 Å². The van der Waals surface area contributed by atoms with Crippen LogP contribution >= 0.6 is 15.9 Å². The number of benzene rings is 1. The van der Waals surface area contributed by atoms with Crippen molar-refractivity contribution in [3.8, 4) is 0 Å². The predicted molar refractivity (Wildman–Crippen MR) is 52.8 cm³/mol. The minimum atomic E-state index is 0.181. The molecule has 0 fully saturated rings. The van der Waals surface area contributed by atoms with Crippen LogP contribution in [0.3, 0.4) is 0 Å². The third-order valence-corrected chi connectivity index (χ3v) is 2.47. The van der Waals surface area contributed by atoms with Gasteiger partial charge in [-0.3, -0.25) is 0 Å². The second kappa shape index (κ2) is 4.60. The van der Waals surface area contributed by atoms with E-state index in [1.54, 1.807) is 0 Å². The molecule has 12 heavy (non-hydrogen) atoms. The highest BCUT2D eigenvalue weighted by Gasteiger charge is 1.99. The lowest BCUT2D eigenvalue weighted by Crippen LogP contribution is -1.98. The van der Waals surface area contributed by atoms with E-state index >= 15 is 0 Å². The Labute approximate surface area is 80.5 Å².